The summed E-state index contributed by atoms with van der Waals surface area (Å²) in [7, 11) is -10.0. The van der Waals surface area contributed by atoms with E-state index in [9.17, 15) is 43.2 Å². The molecule has 0 aliphatic carbocycles. The van der Waals surface area contributed by atoms with Crippen LogP contribution < -0.4 is 0 Å². The molecule has 0 radical (unpaired) electrons. The first-order chi connectivity index (χ1) is 49.7. The van der Waals surface area contributed by atoms with Gasteiger partial charge in [0, 0.05) is 19.3 Å². The molecule has 19 heteroatoms. The van der Waals surface area contributed by atoms with E-state index in [1.54, 1.807) is 12.2 Å². The molecule has 0 aliphatic heterocycles. The van der Waals surface area contributed by atoms with Crippen molar-refractivity contribution < 1.29 is 80.2 Å². The topological polar surface area (TPSA) is 237 Å². The Balaban J connectivity index is 5.49. The van der Waals surface area contributed by atoms with E-state index in [-0.39, 0.29) is 25.7 Å². The molecule has 0 rings (SSSR count). The molecular formula is C83H138O17P2. The first kappa shape index (κ1) is 96.9. The number of allylic oxidation sites excluding steroid dienone is 23. The average Bonchev–Trinajstić information content (AvgIpc) is 0.923. The van der Waals surface area contributed by atoms with Gasteiger partial charge in [0.25, 0.3) is 0 Å². The van der Waals surface area contributed by atoms with E-state index in [0.717, 1.165) is 128 Å². The number of aliphatic hydroxyl groups excluding tert-OH is 1. The number of aliphatic hydroxyl groups is 1. The number of carbonyl (C=O) groups is 4. The number of esters is 4. The molecule has 0 saturated carbocycles. The number of phosphoric ester groups is 2. The van der Waals surface area contributed by atoms with E-state index in [1.165, 1.54) is 83.5 Å². The summed E-state index contributed by atoms with van der Waals surface area (Å²) in [5.41, 5.74) is 0. The molecule has 5 unspecified atom stereocenters. The average molecular weight is 1470 g/mol. The highest BCUT2D eigenvalue weighted by Gasteiger charge is 2.30. The van der Waals surface area contributed by atoms with Gasteiger partial charge in [-0.25, -0.2) is 9.13 Å². The van der Waals surface area contributed by atoms with Crippen molar-refractivity contribution in [1.82, 2.24) is 0 Å². The molecule has 0 amide bonds. The smallest absolute Gasteiger partial charge is 0.462 e. The lowest BCUT2D eigenvalue weighted by Crippen LogP contribution is -2.30. The quantitative estimate of drug-likeness (QED) is 0.0169. The van der Waals surface area contributed by atoms with Crippen molar-refractivity contribution in [2.24, 2.45) is 0 Å². The molecule has 0 aromatic heterocycles. The number of rotatable bonds is 72. The van der Waals surface area contributed by atoms with E-state index < -0.39 is 97.5 Å². The van der Waals surface area contributed by atoms with E-state index >= 15 is 0 Å². The van der Waals surface area contributed by atoms with Gasteiger partial charge in [-0.15, -0.1) is 0 Å². The second-order valence-corrected chi connectivity index (χ2v) is 28.5. The lowest BCUT2D eigenvalue weighted by atomic mass is 10.0. The molecule has 582 valence electrons. The van der Waals surface area contributed by atoms with E-state index in [0.29, 0.717) is 32.1 Å². The highest BCUT2D eigenvalue weighted by atomic mass is 31.2. The van der Waals surface area contributed by atoms with Crippen molar-refractivity contribution in [3.63, 3.8) is 0 Å². The van der Waals surface area contributed by atoms with Crippen LogP contribution in [0.1, 0.15) is 297 Å². The molecule has 0 heterocycles. The maximum atomic E-state index is 13.1. The van der Waals surface area contributed by atoms with Crippen LogP contribution in [0.25, 0.3) is 0 Å². The molecule has 0 spiro atoms. The molecule has 5 atom stereocenters. The fraction of sp³-hybridized carbons (Fsp3) is 0.663. The third-order valence-corrected chi connectivity index (χ3v) is 17.7. The summed E-state index contributed by atoms with van der Waals surface area (Å²) in [5.74, 6) is -2.41. The standard InChI is InChI=1S/C83H138O17P2/c1-5-9-13-17-21-25-29-33-37-38-42-44-48-52-56-60-64-68-81(86)94-74-79(100-83(88)70-66-62-58-54-50-46-41-36-32-28-24-20-16-12-8-4)76-98-102(91,92)96-72-77(84)71-95-101(89,90)97-75-78(99-82(87)69-65-61-57-53-49-45-40-35-31-27-23-19-15-11-7-3)73-93-80(85)67-63-59-55-51-47-43-39-34-30-26-22-18-14-10-6-2/h9,12-13,16,21-22,24-26,28,33-34,36-37,39,41-42,44,50,52,54,56,62,66,77-79,84H,5-8,10-11,14-15,17-20,23,27,29-32,35,38,40,43,45-49,51,53,55,57-61,63-65,67-76H2,1-4H3,(H,89,90)(H,91,92)/b13-9-,16-12-,25-21-,26-22-,28-24-,37-33-,39-34-,41-36-,44-42-,54-50-,56-52-,66-62-. The first-order valence-electron chi connectivity index (χ1n) is 39.1. The first-order valence-corrected chi connectivity index (χ1v) is 42.1. The summed E-state index contributed by atoms with van der Waals surface area (Å²) in [4.78, 5) is 72.9. The van der Waals surface area contributed by atoms with Gasteiger partial charge in [0.1, 0.15) is 19.3 Å². The number of hydrogen-bond donors (Lipinski definition) is 3. The predicted octanol–water partition coefficient (Wildman–Crippen LogP) is 22.7. The highest BCUT2D eigenvalue weighted by Crippen LogP contribution is 2.45. The molecule has 0 aromatic rings. The fourth-order valence-electron chi connectivity index (χ4n) is 9.95. The fourth-order valence-corrected chi connectivity index (χ4v) is 11.5. The normalized spacial score (nSPS) is 14.7. The van der Waals surface area contributed by atoms with E-state index in [4.69, 9.17) is 37.0 Å². The lowest BCUT2D eigenvalue weighted by Gasteiger charge is -2.21. The van der Waals surface area contributed by atoms with Crippen LogP contribution >= 0.6 is 15.6 Å². The van der Waals surface area contributed by atoms with Gasteiger partial charge in [-0.05, 0) is 122 Å². The minimum absolute atomic E-state index is 0.0592. The van der Waals surface area contributed by atoms with Gasteiger partial charge in [0.15, 0.2) is 12.2 Å². The van der Waals surface area contributed by atoms with Crippen LogP contribution in [-0.4, -0.2) is 96.7 Å². The van der Waals surface area contributed by atoms with Crippen LogP contribution in [0.3, 0.4) is 0 Å². The zero-order chi connectivity index (χ0) is 74.6. The van der Waals surface area contributed by atoms with E-state index in [1.807, 2.05) is 24.3 Å². The maximum Gasteiger partial charge on any atom is 0.472 e. The van der Waals surface area contributed by atoms with Crippen molar-refractivity contribution in [3.05, 3.63) is 146 Å². The van der Waals surface area contributed by atoms with Crippen LogP contribution in [0.15, 0.2) is 146 Å². The van der Waals surface area contributed by atoms with Crippen LogP contribution in [-0.2, 0) is 65.4 Å². The molecular weight excluding hydrogens is 1330 g/mol. The third kappa shape index (κ3) is 73.3. The Morgan fingerprint density at radius 1 is 0.294 bits per heavy atom. The lowest BCUT2D eigenvalue weighted by molar-refractivity contribution is -0.161. The second-order valence-electron chi connectivity index (χ2n) is 25.6. The molecule has 0 bridgehead atoms. The molecule has 0 aliphatic rings. The summed E-state index contributed by atoms with van der Waals surface area (Å²) in [6, 6.07) is 0. The van der Waals surface area contributed by atoms with Gasteiger partial charge in [-0.2, -0.15) is 0 Å². The molecule has 17 nitrogen and oxygen atoms in total. The van der Waals surface area contributed by atoms with Gasteiger partial charge in [-0.1, -0.05) is 296 Å². The second kappa shape index (κ2) is 74.2. The van der Waals surface area contributed by atoms with Crippen molar-refractivity contribution >= 4 is 39.5 Å². The van der Waals surface area contributed by atoms with E-state index in [2.05, 4.69) is 137 Å². The Bertz CT molecular complexity index is 2510. The highest BCUT2D eigenvalue weighted by molar-refractivity contribution is 7.47. The molecule has 102 heavy (non-hydrogen) atoms. The third-order valence-electron chi connectivity index (χ3n) is 15.8. The summed E-state index contributed by atoms with van der Waals surface area (Å²) < 4.78 is 68.3. The Labute approximate surface area is 617 Å². The predicted molar refractivity (Wildman–Crippen MR) is 417 cm³/mol. The molecule has 0 saturated heterocycles. The SMILES string of the molecule is CC/C=C\C/C=C\C/C=C\C/C=C\C/C=C\CCCC(=O)OCC(COP(=O)(O)OCC(O)COP(=O)(O)OCC(COC(=O)CCCCCCC/C=C\C/C=C\CCCCC)OC(=O)CCCCCCCCCCCCCCCCC)OC(=O)C/C=C\C/C=C\C/C=C\C/C=C\C/C=C\CC. The molecule has 0 aromatic carbocycles. The van der Waals surface area contributed by atoms with Crippen molar-refractivity contribution in [3.8, 4) is 0 Å². The largest absolute Gasteiger partial charge is 0.472 e. The van der Waals surface area contributed by atoms with Crippen LogP contribution in [0.2, 0.25) is 0 Å². The number of hydrogen-bond acceptors (Lipinski definition) is 15. The van der Waals surface area contributed by atoms with Crippen LogP contribution in [0.5, 0.6) is 0 Å². The Kier molecular flexibility index (Phi) is 70.5. The Morgan fingerprint density at radius 2 is 0.559 bits per heavy atom. The van der Waals surface area contributed by atoms with Gasteiger partial charge in [-0.3, -0.25) is 37.3 Å². The number of phosphoric acid groups is 2. The maximum absolute atomic E-state index is 13.1. The van der Waals surface area contributed by atoms with Crippen molar-refractivity contribution in [2.45, 2.75) is 316 Å². The zero-order valence-corrected chi connectivity index (χ0v) is 65.3. The minimum Gasteiger partial charge on any atom is -0.462 e. The Morgan fingerprint density at radius 3 is 0.931 bits per heavy atom. The number of ether oxygens (including phenoxy) is 4. The van der Waals surface area contributed by atoms with Gasteiger partial charge in [0.2, 0.25) is 0 Å². The summed E-state index contributed by atoms with van der Waals surface area (Å²) in [6.07, 6.45) is 84.4. The van der Waals surface area contributed by atoms with Crippen molar-refractivity contribution in [2.75, 3.05) is 39.6 Å². The monoisotopic (exact) mass is 1470 g/mol. The summed E-state index contributed by atoms with van der Waals surface area (Å²) >= 11 is 0. The summed E-state index contributed by atoms with van der Waals surface area (Å²) in [6.45, 7) is 4.43. The minimum atomic E-state index is -5.02. The van der Waals surface area contributed by atoms with Gasteiger partial charge < -0.3 is 33.8 Å². The Hall–Kier alpha value is -5.06. The van der Waals surface area contributed by atoms with Crippen molar-refractivity contribution in [1.29, 1.82) is 0 Å². The van der Waals surface area contributed by atoms with Crippen LogP contribution in [0, 0.1) is 0 Å². The number of carbonyl (C=O) groups excluding carboxylic acids is 4. The van der Waals surface area contributed by atoms with Crippen LogP contribution in [0.4, 0.5) is 0 Å². The molecule has 3 N–H and O–H groups in total. The molecule has 0 fully saturated rings. The number of unbranched alkanes of at least 4 members (excludes halogenated alkanes) is 23. The summed E-state index contributed by atoms with van der Waals surface area (Å²) in [5, 5.41) is 10.6. The van der Waals surface area contributed by atoms with Gasteiger partial charge in [0.05, 0.1) is 32.8 Å². The zero-order valence-electron chi connectivity index (χ0n) is 63.5. The van der Waals surface area contributed by atoms with Gasteiger partial charge >= 0.3 is 39.5 Å².